The van der Waals surface area contributed by atoms with Crippen LogP contribution in [0.4, 0.5) is 0 Å². The highest BCUT2D eigenvalue weighted by molar-refractivity contribution is 5.64. The molecule has 0 amide bonds. The molecule has 72 heavy (non-hydrogen) atoms. The van der Waals surface area contributed by atoms with Crippen molar-refractivity contribution < 1.29 is 36.1 Å². The number of hydrogen-bond acceptors (Lipinski definition) is 0. The average molecular weight is 975 g/mol. The molecule has 0 aliphatic carbocycles. The Morgan fingerprint density at radius 2 is 0.806 bits per heavy atom. The Hall–Kier alpha value is -6.52. The van der Waals surface area contributed by atoms with Crippen LogP contribution in [0.25, 0.3) is 45.0 Å². The summed E-state index contributed by atoms with van der Waals surface area (Å²) in [6.45, 7) is 19.6. The van der Waals surface area contributed by atoms with E-state index in [9.17, 15) is 0 Å². The number of aryl methyl sites for hydroxylation is 14. The van der Waals surface area contributed by atoms with Crippen LogP contribution in [0.15, 0.2) is 140 Å². The van der Waals surface area contributed by atoms with Crippen LogP contribution >= 0.6 is 0 Å². The zero-order valence-corrected chi connectivity index (χ0v) is 46.1. The molecule has 0 aliphatic heterocycles. The number of rotatable bonds is 8. The number of benzene rings is 4. The summed E-state index contributed by atoms with van der Waals surface area (Å²) < 4.78 is 107. The molecule has 4 aromatic heterocycles. The molecule has 0 spiro atoms. The molecule has 0 saturated heterocycles. The van der Waals surface area contributed by atoms with Crippen LogP contribution in [-0.2, 0) is 34.6 Å². The standard InChI is InChI=1S/C18H24N.2C17H22N.C16H20N/c1-12(2)17-10-18(19(6)11-15(17)5)16-8-7-13(3)9-14(16)4;1-12(2)15-7-8-16(14(4)10-15)17-9-6-13(3)11-18(17)5;1-12(2)15-7-9-17(18(5)11-15)16-8-6-13(3)10-14(16)4;1-5-14-7-9-16(17(4)11-14)15-8-6-12(2)10-13(15)3/h7-12H,1-6H3;2*6-12H,1-5H3;6-11H,5H2,1-4H3/q4*+1/i;2*3D3,12D;2D3,5D2. The molecular weight excluding hydrogens is 873 g/mol. The van der Waals surface area contributed by atoms with Gasteiger partial charge in [-0.05, 0) is 162 Å². The molecule has 4 aromatic carbocycles. The van der Waals surface area contributed by atoms with Gasteiger partial charge in [0.25, 0.3) is 0 Å². The summed E-state index contributed by atoms with van der Waals surface area (Å²) in [5.41, 5.74) is 20.4. The van der Waals surface area contributed by atoms with E-state index in [0.29, 0.717) is 28.2 Å². The molecule has 376 valence electrons. The summed E-state index contributed by atoms with van der Waals surface area (Å²) in [4.78, 5) is 0. The van der Waals surface area contributed by atoms with Crippen molar-refractivity contribution in [2.45, 2.75) is 135 Å². The third-order valence-electron chi connectivity index (χ3n) is 13.1. The van der Waals surface area contributed by atoms with Gasteiger partial charge in [0.2, 0.25) is 22.8 Å². The summed E-state index contributed by atoms with van der Waals surface area (Å²) in [7, 11) is 7.79. The summed E-state index contributed by atoms with van der Waals surface area (Å²) in [6.07, 6.45) is 6.23. The van der Waals surface area contributed by atoms with E-state index in [0.717, 1.165) is 61.6 Å². The highest BCUT2D eigenvalue weighted by Crippen LogP contribution is 2.28. The van der Waals surface area contributed by atoms with Crippen LogP contribution in [0.5, 0.6) is 0 Å². The highest BCUT2D eigenvalue weighted by Gasteiger charge is 2.19. The van der Waals surface area contributed by atoms with Crippen molar-refractivity contribution in [1.82, 2.24) is 0 Å². The molecule has 0 N–H and O–H groups in total. The van der Waals surface area contributed by atoms with Crippen LogP contribution in [-0.4, -0.2) is 0 Å². The minimum Gasteiger partial charge on any atom is -0.201 e. The van der Waals surface area contributed by atoms with Crippen molar-refractivity contribution in [3.8, 4) is 45.0 Å². The fraction of sp³-hybridized carbons (Fsp3) is 0.353. The topological polar surface area (TPSA) is 15.5 Å². The van der Waals surface area contributed by atoms with Gasteiger partial charge in [-0.1, -0.05) is 114 Å². The Balaban J connectivity index is 0.000000207. The maximum atomic E-state index is 8.12. The Bertz CT molecular complexity index is 3190. The van der Waals surface area contributed by atoms with Crippen molar-refractivity contribution in [2.24, 2.45) is 28.2 Å². The largest absolute Gasteiger partial charge is 0.212 e. The lowest BCUT2D eigenvalue weighted by atomic mass is 9.95. The molecule has 0 fully saturated rings. The summed E-state index contributed by atoms with van der Waals surface area (Å²) in [6, 6.07) is 36.5. The van der Waals surface area contributed by atoms with Crippen LogP contribution in [0, 0.1) is 62.1 Å². The van der Waals surface area contributed by atoms with E-state index in [1.807, 2.05) is 144 Å². The van der Waals surface area contributed by atoms with E-state index in [4.69, 9.17) is 17.8 Å². The summed E-state index contributed by atoms with van der Waals surface area (Å²) in [5, 5.41) is 0. The second kappa shape index (κ2) is 25.2. The van der Waals surface area contributed by atoms with Crippen molar-refractivity contribution in [2.75, 3.05) is 0 Å². The quantitative estimate of drug-likeness (QED) is 0.135. The molecule has 0 bridgehead atoms. The van der Waals surface area contributed by atoms with Gasteiger partial charge in [-0.2, -0.15) is 0 Å². The highest BCUT2D eigenvalue weighted by atomic mass is 14.9. The second-order valence-corrected chi connectivity index (χ2v) is 20.0. The minimum absolute atomic E-state index is 0.331. The van der Waals surface area contributed by atoms with Crippen molar-refractivity contribution in [1.29, 1.82) is 0 Å². The lowest BCUT2D eigenvalue weighted by Crippen LogP contribution is -2.32. The Morgan fingerprint density at radius 1 is 0.403 bits per heavy atom. The van der Waals surface area contributed by atoms with Gasteiger partial charge in [0.1, 0.15) is 28.2 Å². The molecule has 0 radical (unpaired) electrons. The smallest absolute Gasteiger partial charge is 0.201 e. The van der Waals surface area contributed by atoms with E-state index in [-0.39, 0.29) is 0 Å². The molecule has 8 rings (SSSR count). The first kappa shape index (κ1) is 40.0. The fourth-order valence-electron chi connectivity index (χ4n) is 9.06. The summed E-state index contributed by atoms with van der Waals surface area (Å²) >= 11 is 0. The van der Waals surface area contributed by atoms with E-state index < -0.39 is 38.7 Å². The molecular formula is C68H88N4+4. The van der Waals surface area contributed by atoms with E-state index in [1.165, 1.54) is 40.4 Å². The van der Waals surface area contributed by atoms with Gasteiger partial charge < -0.3 is 0 Å². The first-order valence-corrected chi connectivity index (χ1v) is 24.8. The number of nitrogens with zero attached hydrogens (tertiary/aromatic N) is 4. The monoisotopic (exact) mass is 974 g/mol. The van der Waals surface area contributed by atoms with E-state index >= 15 is 0 Å². The average Bonchev–Trinajstić information content (AvgIpc) is 2.62. The van der Waals surface area contributed by atoms with Gasteiger partial charge in [0.15, 0.2) is 24.8 Å². The van der Waals surface area contributed by atoms with Crippen LogP contribution in [0.3, 0.4) is 0 Å². The zero-order valence-electron chi connectivity index (χ0n) is 59.1. The first-order valence-electron chi connectivity index (χ1n) is 31.3. The zero-order chi connectivity index (χ0) is 64.3. The molecule has 8 aromatic rings. The molecule has 0 unspecified atom stereocenters. The van der Waals surface area contributed by atoms with Gasteiger partial charge in [0, 0.05) is 86.6 Å². The van der Waals surface area contributed by atoms with Crippen molar-refractivity contribution in [3.05, 3.63) is 212 Å². The lowest BCUT2D eigenvalue weighted by Gasteiger charge is -2.12. The number of pyridine rings is 4. The van der Waals surface area contributed by atoms with Gasteiger partial charge >= 0.3 is 0 Å². The fourth-order valence-corrected chi connectivity index (χ4v) is 9.06. The molecule has 0 atom stereocenters. The molecule has 4 heterocycles. The number of aromatic nitrogens is 4. The summed E-state index contributed by atoms with van der Waals surface area (Å²) in [5.74, 6) is -0.710. The van der Waals surface area contributed by atoms with E-state index in [1.54, 1.807) is 48.8 Å². The normalized spacial score (nSPS) is 14.6. The van der Waals surface area contributed by atoms with Crippen LogP contribution in [0.2, 0.25) is 0 Å². The van der Waals surface area contributed by atoms with Gasteiger partial charge in [-0.15, -0.1) is 0 Å². The van der Waals surface area contributed by atoms with Gasteiger partial charge in [0.05, 0.1) is 0 Å². The predicted octanol–water partition coefficient (Wildman–Crippen LogP) is 15.4. The predicted molar refractivity (Wildman–Crippen MR) is 306 cm³/mol. The van der Waals surface area contributed by atoms with Gasteiger partial charge in [-0.25, -0.2) is 18.3 Å². The van der Waals surface area contributed by atoms with Gasteiger partial charge in [-0.3, -0.25) is 0 Å². The SMILES string of the molecule is Cc1ccc(-c2cc(C(C)C)c(C)c[n+]2C)c(C)c1.[2H]C([2H])([2H])c1ccc(-c2ccc(C([2H])(C)C)c[n+]2C)c(C)c1.[2H]C([2H])([2H])c1ccc(-c2ccc(C([2H])(C)C)cc2C)[n+](C)c1.[2H]C([2H])([2H])c1ccc(-c2ccc(C([2H])([2H])C)c[n+]2C)c(C)c1. The van der Waals surface area contributed by atoms with Crippen molar-refractivity contribution >= 4 is 0 Å². The molecule has 0 aliphatic rings. The maximum Gasteiger partial charge on any atom is 0.212 e. The lowest BCUT2D eigenvalue weighted by molar-refractivity contribution is -0.661. The second-order valence-electron chi connectivity index (χ2n) is 20.0. The van der Waals surface area contributed by atoms with Crippen LogP contribution in [0.1, 0.15) is 156 Å². The third-order valence-corrected chi connectivity index (χ3v) is 13.1. The maximum absolute atomic E-state index is 8.12. The molecule has 0 saturated carbocycles. The molecule has 4 heteroatoms. The Morgan fingerprint density at radius 3 is 1.25 bits per heavy atom. The Labute approximate surface area is 455 Å². The third kappa shape index (κ3) is 14.6. The van der Waals surface area contributed by atoms with Crippen LogP contribution < -0.4 is 18.3 Å². The molecule has 4 nitrogen and oxygen atoms in total. The minimum atomic E-state index is -2.10. The Kier molecular flexibility index (Phi) is 14.0. The van der Waals surface area contributed by atoms with Crippen molar-refractivity contribution in [3.63, 3.8) is 0 Å². The first-order chi connectivity index (χ1) is 38.9. The van der Waals surface area contributed by atoms with E-state index in [2.05, 4.69) is 76.7 Å². The number of hydrogen-bond donors (Lipinski definition) is 0.